The molecule has 0 radical (unpaired) electrons. The fourth-order valence-electron chi connectivity index (χ4n) is 1.76. The molecule has 0 bridgehead atoms. The van der Waals surface area contributed by atoms with E-state index < -0.39 is 10.8 Å². The third-order valence-electron chi connectivity index (χ3n) is 2.68. The molecule has 0 aromatic heterocycles. The van der Waals surface area contributed by atoms with Gasteiger partial charge in [-0.3, -0.25) is 4.21 Å². The van der Waals surface area contributed by atoms with Crippen LogP contribution in [0.5, 0.6) is 0 Å². The zero-order valence-electron chi connectivity index (χ0n) is 11.3. The Kier molecular flexibility index (Phi) is 11.7. The average molecular weight is 247 g/mol. The smallest absolute Gasteiger partial charge is 0.0388 e. The molecule has 0 rings (SSSR count). The highest BCUT2D eigenvalue weighted by molar-refractivity contribution is 7.85. The van der Waals surface area contributed by atoms with Crippen LogP contribution in [0.3, 0.4) is 0 Å². The Labute approximate surface area is 104 Å². The first-order valence-corrected chi connectivity index (χ1v) is 8.31. The SMILES string of the molecule is CCCCCS(=O)CC(CCC)NCCC. The molecular weight excluding hydrogens is 218 g/mol. The van der Waals surface area contributed by atoms with Gasteiger partial charge in [-0.05, 0) is 25.8 Å². The van der Waals surface area contributed by atoms with Crippen molar-refractivity contribution in [1.82, 2.24) is 5.32 Å². The molecule has 0 aliphatic heterocycles. The maximum absolute atomic E-state index is 11.8. The van der Waals surface area contributed by atoms with Gasteiger partial charge >= 0.3 is 0 Å². The van der Waals surface area contributed by atoms with E-state index >= 15 is 0 Å². The van der Waals surface area contributed by atoms with E-state index in [1.54, 1.807) is 0 Å². The second-order valence-corrected chi connectivity index (χ2v) is 6.08. The van der Waals surface area contributed by atoms with E-state index in [0.717, 1.165) is 37.3 Å². The van der Waals surface area contributed by atoms with Crippen LogP contribution in [0.15, 0.2) is 0 Å². The predicted molar refractivity (Wildman–Crippen MR) is 74.4 cm³/mol. The van der Waals surface area contributed by atoms with Crippen LogP contribution in [-0.2, 0) is 10.8 Å². The quantitative estimate of drug-likeness (QED) is 0.568. The van der Waals surface area contributed by atoms with E-state index in [2.05, 4.69) is 26.1 Å². The van der Waals surface area contributed by atoms with Crippen LogP contribution in [0.2, 0.25) is 0 Å². The first-order chi connectivity index (χ1) is 7.74. The Morgan fingerprint density at radius 2 is 1.81 bits per heavy atom. The van der Waals surface area contributed by atoms with E-state index in [9.17, 15) is 4.21 Å². The molecule has 0 saturated carbocycles. The Morgan fingerprint density at radius 1 is 1.06 bits per heavy atom. The highest BCUT2D eigenvalue weighted by Crippen LogP contribution is 2.03. The zero-order chi connectivity index (χ0) is 12.2. The topological polar surface area (TPSA) is 29.1 Å². The van der Waals surface area contributed by atoms with Crippen molar-refractivity contribution < 1.29 is 4.21 Å². The molecule has 0 aromatic carbocycles. The molecule has 0 aromatic rings. The van der Waals surface area contributed by atoms with Crippen molar-refractivity contribution in [2.24, 2.45) is 0 Å². The standard InChI is InChI=1S/C13H29NOS/c1-4-7-8-11-16(15)12-13(9-5-2)14-10-6-3/h13-14H,4-12H2,1-3H3. The van der Waals surface area contributed by atoms with Crippen molar-refractivity contribution >= 4 is 10.8 Å². The lowest BCUT2D eigenvalue weighted by Crippen LogP contribution is -2.35. The van der Waals surface area contributed by atoms with Crippen molar-refractivity contribution in [1.29, 1.82) is 0 Å². The Balaban J connectivity index is 3.73. The van der Waals surface area contributed by atoms with E-state index in [1.807, 2.05) is 0 Å². The lowest BCUT2D eigenvalue weighted by molar-refractivity contribution is 0.509. The summed E-state index contributed by atoms with van der Waals surface area (Å²) in [6.45, 7) is 7.61. The molecule has 0 saturated heterocycles. The summed E-state index contributed by atoms with van der Waals surface area (Å²) < 4.78 is 11.8. The number of rotatable bonds is 11. The molecule has 0 heterocycles. The van der Waals surface area contributed by atoms with E-state index in [1.165, 1.54) is 19.3 Å². The number of hydrogen-bond donors (Lipinski definition) is 1. The van der Waals surface area contributed by atoms with Crippen LogP contribution in [0, 0.1) is 0 Å². The Bertz CT molecular complexity index is 173. The summed E-state index contributed by atoms with van der Waals surface area (Å²) in [4.78, 5) is 0. The highest BCUT2D eigenvalue weighted by Gasteiger charge is 2.10. The first kappa shape index (κ1) is 16.1. The Morgan fingerprint density at radius 3 is 2.38 bits per heavy atom. The van der Waals surface area contributed by atoms with Crippen LogP contribution >= 0.6 is 0 Å². The van der Waals surface area contributed by atoms with E-state index in [0.29, 0.717) is 6.04 Å². The molecule has 1 N–H and O–H groups in total. The van der Waals surface area contributed by atoms with Gasteiger partial charge in [0.15, 0.2) is 0 Å². The number of nitrogens with one attached hydrogen (secondary N) is 1. The molecule has 2 nitrogen and oxygen atoms in total. The van der Waals surface area contributed by atoms with Crippen LogP contribution in [0.25, 0.3) is 0 Å². The summed E-state index contributed by atoms with van der Waals surface area (Å²) in [5.41, 5.74) is 0. The maximum Gasteiger partial charge on any atom is 0.0388 e. The van der Waals surface area contributed by atoms with Crippen molar-refractivity contribution in [2.45, 2.75) is 65.3 Å². The zero-order valence-corrected chi connectivity index (χ0v) is 12.1. The maximum atomic E-state index is 11.8. The summed E-state index contributed by atoms with van der Waals surface area (Å²) in [6, 6.07) is 0.465. The van der Waals surface area contributed by atoms with Gasteiger partial charge < -0.3 is 5.32 Å². The minimum absolute atomic E-state index is 0.465. The van der Waals surface area contributed by atoms with Gasteiger partial charge in [-0.2, -0.15) is 0 Å². The molecule has 98 valence electrons. The van der Waals surface area contributed by atoms with E-state index in [4.69, 9.17) is 0 Å². The normalized spacial score (nSPS) is 14.9. The molecule has 2 unspecified atom stereocenters. The fraction of sp³-hybridized carbons (Fsp3) is 1.00. The van der Waals surface area contributed by atoms with E-state index in [-0.39, 0.29) is 0 Å². The summed E-state index contributed by atoms with van der Waals surface area (Å²) in [5.74, 6) is 1.74. The molecule has 0 aliphatic rings. The average Bonchev–Trinajstić information content (AvgIpc) is 2.26. The summed E-state index contributed by atoms with van der Waals surface area (Å²) >= 11 is 0. The Hall–Kier alpha value is 0.110. The van der Waals surface area contributed by atoms with Crippen molar-refractivity contribution in [2.75, 3.05) is 18.1 Å². The lowest BCUT2D eigenvalue weighted by Gasteiger charge is -2.17. The molecular formula is C13H29NOS. The van der Waals surface area contributed by atoms with Gasteiger partial charge in [-0.15, -0.1) is 0 Å². The van der Waals surface area contributed by atoms with Crippen molar-refractivity contribution in [3.8, 4) is 0 Å². The third kappa shape index (κ3) is 9.34. The van der Waals surface area contributed by atoms with Crippen molar-refractivity contribution in [3.05, 3.63) is 0 Å². The predicted octanol–water partition coefficient (Wildman–Crippen LogP) is 3.09. The minimum Gasteiger partial charge on any atom is -0.313 e. The molecule has 0 spiro atoms. The van der Waals surface area contributed by atoms with Gasteiger partial charge in [0.25, 0.3) is 0 Å². The van der Waals surface area contributed by atoms with Crippen LogP contribution in [0.4, 0.5) is 0 Å². The van der Waals surface area contributed by atoms with Gasteiger partial charge in [0, 0.05) is 28.3 Å². The number of hydrogen-bond acceptors (Lipinski definition) is 2. The lowest BCUT2D eigenvalue weighted by atomic mass is 10.2. The monoisotopic (exact) mass is 247 g/mol. The van der Waals surface area contributed by atoms with Gasteiger partial charge in [-0.1, -0.05) is 40.0 Å². The van der Waals surface area contributed by atoms with Crippen LogP contribution in [-0.4, -0.2) is 28.3 Å². The summed E-state index contributed by atoms with van der Waals surface area (Å²) in [5, 5.41) is 3.50. The minimum atomic E-state index is -0.619. The second-order valence-electron chi connectivity index (χ2n) is 4.46. The second kappa shape index (κ2) is 11.6. The van der Waals surface area contributed by atoms with Crippen LogP contribution in [0.1, 0.15) is 59.3 Å². The molecule has 3 heteroatoms. The molecule has 0 amide bonds. The van der Waals surface area contributed by atoms with Gasteiger partial charge in [-0.25, -0.2) is 0 Å². The summed E-state index contributed by atoms with van der Waals surface area (Å²) in [7, 11) is -0.619. The molecule has 0 fully saturated rings. The molecule has 16 heavy (non-hydrogen) atoms. The molecule has 2 atom stereocenters. The molecule has 0 aliphatic carbocycles. The first-order valence-electron chi connectivity index (χ1n) is 6.82. The highest BCUT2D eigenvalue weighted by atomic mass is 32.2. The van der Waals surface area contributed by atoms with Gasteiger partial charge in [0.1, 0.15) is 0 Å². The van der Waals surface area contributed by atoms with Crippen molar-refractivity contribution in [3.63, 3.8) is 0 Å². The largest absolute Gasteiger partial charge is 0.313 e. The fourth-order valence-corrected chi connectivity index (χ4v) is 3.19. The number of unbranched alkanes of at least 4 members (excludes halogenated alkanes) is 2. The van der Waals surface area contributed by atoms with Crippen LogP contribution < -0.4 is 5.32 Å². The van der Waals surface area contributed by atoms with Gasteiger partial charge in [0.2, 0.25) is 0 Å². The summed E-state index contributed by atoms with van der Waals surface area (Å²) in [6.07, 6.45) is 7.03. The van der Waals surface area contributed by atoms with Gasteiger partial charge in [0.05, 0.1) is 0 Å². The third-order valence-corrected chi connectivity index (χ3v) is 4.20.